The van der Waals surface area contributed by atoms with Crippen molar-refractivity contribution >= 4 is 42.4 Å². The predicted octanol–water partition coefficient (Wildman–Crippen LogP) is 3.08. The van der Waals surface area contributed by atoms with E-state index in [9.17, 15) is 13.2 Å². The van der Waals surface area contributed by atoms with Crippen LogP contribution in [0.3, 0.4) is 0 Å². The fourth-order valence-electron chi connectivity index (χ4n) is 3.66. The number of rotatable bonds is 8. The molecule has 0 saturated carbocycles. The van der Waals surface area contributed by atoms with Crippen LogP contribution in [0.25, 0.3) is 10.2 Å². The van der Waals surface area contributed by atoms with Crippen molar-refractivity contribution in [3.63, 3.8) is 0 Å². The SMILES string of the molecule is CCOc1cccc2sc(N(CCN3CCOCC3)C(=O)c3cccc(S(C)(=O)=O)c3)nc12. The van der Waals surface area contributed by atoms with E-state index < -0.39 is 9.84 Å². The smallest absolute Gasteiger partial charge is 0.260 e. The van der Waals surface area contributed by atoms with Crippen LogP contribution in [0.5, 0.6) is 5.75 Å². The molecule has 0 aliphatic carbocycles. The van der Waals surface area contributed by atoms with Crippen LogP contribution in [0, 0.1) is 0 Å². The van der Waals surface area contributed by atoms with E-state index in [1.54, 1.807) is 17.0 Å². The Morgan fingerprint density at radius 2 is 1.97 bits per heavy atom. The highest BCUT2D eigenvalue weighted by atomic mass is 32.2. The Bertz CT molecular complexity index is 1240. The first-order chi connectivity index (χ1) is 15.9. The van der Waals surface area contributed by atoms with Crippen LogP contribution in [0.15, 0.2) is 47.4 Å². The Kier molecular flexibility index (Phi) is 7.28. The average molecular weight is 490 g/mol. The summed E-state index contributed by atoms with van der Waals surface area (Å²) in [4.78, 5) is 22.4. The molecule has 1 fully saturated rings. The number of hydrogen-bond acceptors (Lipinski definition) is 8. The minimum Gasteiger partial charge on any atom is -0.492 e. The molecule has 1 aliphatic rings. The number of aromatic nitrogens is 1. The third kappa shape index (κ3) is 5.52. The molecule has 1 aliphatic heterocycles. The van der Waals surface area contributed by atoms with E-state index in [4.69, 9.17) is 14.5 Å². The average Bonchev–Trinajstić information content (AvgIpc) is 3.24. The van der Waals surface area contributed by atoms with E-state index in [-0.39, 0.29) is 10.8 Å². The predicted molar refractivity (Wildman–Crippen MR) is 129 cm³/mol. The number of benzene rings is 2. The fourth-order valence-corrected chi connectivity index (χ4v) is 5.34. The third-order valence-corrected chi connectivity index (χ3v) is 7.55. The molecule has 0 atom stereocenters. The van der Waals surface area contributed by atoms with Gasteiger partial charge < -0.3 is 9.47 Å². The summed E-state index contributed by atoms with van der Waals surface area (Å²) in [5.41, 5.74) is 1.03. The van der Waals surface area contributed by atoms with Crippen molar-refractivity contribution in [2.24, 2.45) is 0 Å². The Morgan fingerprint density at radius 1 is 1.21 bits per heavy atom. The highest BCUT2D eigenvalue weighted by molar-refractivity contribution is 7.90. The molecule has 1 aromatic heterocycles. The van der Waals surface area contributed by atoms with Gasteiger partial charge in [-0.3, -0.25) is 14.6 Å². The number of thiazole rings is 1. The zero-order valence-electron chi connectivity index (χ0n) is 18.7. The normalized spacial score (nSPS) is 15.0. The molecule has 1 saturated heterocycles. The Morgan fingerprint density at radius 3 is 2.70 bits per heavy atom. The molecule has 0 spiro atoms. The van der Waals surface area contributed by atoms with Crippen LogP contribution in [-0.4, -0.2) is 76.5 Å². The number of fused-ring (bicyclic) bond motifs is 1. The molecule has 176 valence electrons. The van der Waals surface area contributed by atoms with Gasteiger partial charge in [-0.2, -0.15) is 0 Å². The van der Waals surface area contributed by atoms with E-state index >= 15 is 0 Å². The molecular formula is C23H27N3O5S2. The largest absolute Gasteiger partial charge is 0.492 e. The van der Waals surface area contributed by atoms with Gasteiger partial charge >= 0.3 is 0 Å². The number of ether oxygens (including phenoxy) is 2. The lowest BCUT2D eigenvalue weighted by Crippen LogP contribution is -2.43. The van der Waals surface area contributed by atoms with E-state index in [1.807, 2.05) is 25.1 Å². The molecule has 3 aromatic rings. The summed E-state index contributed by atoms with van der Waals surface area (Å²) < 4.78 is 36.1. The molecule has 0 unspecified atom stereocenters. The van der Waals surface area contributed by atoms with Gasteiger partial charge in [0.1, 0.15) is 11.3 Å². The zero-order chi connectivity index (χ0) is 23.4. The van der Waals surface area contributed by atoms with Gasteiger partial charge in [0, 0.05) is 38.0 Å². The summed E-state index contributed by atoms with van der Waals surface area (Å²) in [6.45, 7) is 6.47. The number of carbonyl (C=O) groups excluding carboxylic acids is 1. The molecule has 0 N–H and O–H groups in total. The number of carbonyl (C=O) groups is 1. The molecule has 2 heterocycles. The zero-order valence-corrected chi connectivity index (χ0v) is 20.3. The van der Waals surface area contributed by atoms with Gasteiger partial charge in [0.2, 0.25) is 0 Å². The number of para-hydroxylation sites is 1. The standard InChI is InChI=1S/C23H27N3O5S2/c1-3-31-19-8-5-9-20-21(19)24-23(32-20)26(11-10-25-12-14-30-15-13-25)22(27)17-6-4-7-18(16-17)33(2,28)29/h4-9,16H,3,10-15H2,1-2H3. The van der Waals surface area contributed by atoms with Crippen LogP contribution in [0.4, 0.5) is 5.13 Å². The van der Waals surface area contributed by atoms with Gasteiger partial charge in [-0.15, -0.1) is 0 Å². The van der Waals surface area contributed by atoms with Crippen LogP contribution in [0.1, 0.15) is 17.3 Å². The lowest BCUT2D eigenvalue weighted by molar-refractivity contribution is 0.0391. The summed E-state index contributed by atoms with van der Waals surface area (Å²) in [6, 6.07) is 11.9. The van der Waals surface area contributed by atoms with Gasteiger partial charge in [0.15, 0.2) is 15.0 Å². The lowest BCUT2D eigenvalue weighted by Gasteiger charge is -2.29. The van der Waals surface area contributed by atoms with Crippen molar-refractivity contribution in [2.75, 3.05) is 57.2 Å². The monoisotopic (exact) mass is 489 g/mol. The van der Waals surface area contributed by atoms with E-state index in [1.165, 1.54) is 23.5 Å². The van der Waals surface area contributed by atoms with Crippen LogP contribution < -0.4 is 9.64 Å². The van der Waals surface area contributed by atoms with Gasteiger partial charge in [-0.1, -0.05) is 23.5 Å². The number of nitrogens with zero attached hydrogens (tertiary/aromatic N) is 3. The Labute approximate surface area is 197 Å². The Balaban J connectivity index is 1.69. The highest BCUT2D eigenvalue weighted by Crippen LogP contribution is 2.35. The minimum atomic E-state index is -3.43. The third-order valence-electron chi connectivity index (χ3n) is 5.40. The summed E-state index contributed by atoms with van der Waals surface area (Å²) in [5, 5.41) is 0.556. The van der Waals surface area contributed by atoms with Crippen molar-refractivity contribution < 1.29 is 22.7 Å². The summed E-state index contributed by atoms with van der Waals surface area (Å²) >= 11 is 1.42. The van der Waals surface area contributed by atoms with Crippen LogP contribution >= 0.6 is 11.3 Å². The molecule has 2 aromatic carbocycles. The first-order valence-electron chi connectivity index (χ1n) is 10.8. The molecule has 0 bridgehead atoms. The minimum absolute atomic E-state index is 0.115. The van der Waals surface area contributed by atoms with Crippen molar-refractivity contribution in [1.82, 2.24) is 9.88 Å². The quantitative estimate of drug-likeness (QED) is 0.480. The highest BCUT2D eigenvalue weighted by Gasteiger charge is 2.24. The molecular weight excluding hydrogens is 462 g/mol. The topological polar surface area (TPSA) is 89.0 Å². The van der Waals surface area contributed by atoms with Crippen LogP contribution in [0.2, 0.25) is 0 Å². The maximum Gasteiger partial charge on any atom is 0.260 e. The Hall–Kier alpha value is -2.53. The molecule has 33 heavy (non-hydrogen) atoms. The van der Waals surface area contributed by atoms with Crippen LogP contribution in [-0.2, 0) is 14.6 Å². The fraction of sp³-hybridized carbons (Fsp3) is 0.391. The number of amides is 1. The second-order valence-electron chi connectivity index (χ2n) is 7.74. The first-order valence-corrected chi connectivity index (χ1v) is 13.5. The van der Waals surface area contributed by atoms with Gasteiger partial charge in [-0.25, -0.2) is 13.4 Å². The number of hydrogen-bond donors (Lipinski definition) is 0. The van der Waals surface area contributed by atoms with E-state index in [2.05, 4.69) is 4.90 Å². The maximum atomic E-state index is 13.6. The molecule has 8 nitrogen and oxygen atoms in total. The van der Waals surface area contributed by atoms with Gasteiger partial charge in [0.05, 0.1) is 29.4 Å². The number of anilines is 1. The van der Waals surface area contributed by atoms with E-state index in [0.717, 1.165) is 24.0 Å². The molecule has 0 radical (unpaired) electrons. The van der Waals surface area contributed by atoms with Gasteiger partial charge in [0.25, 0.3) is 5.91 Å². The van der Waals surface area contributed by atoms with Crippen molar-refractivity contribution in [3.05, 3.63) is 48.0 Å². The second kappa shape index (κ2) is 10.2. The van der Waals surface area contributed by atoms with Crippen molar-refractivity contribution in [1.29, 1.82) is 0 Å². The van der Waals surface area contributed by atoms with E-state index in [0.29, 0.717) is 54.9 Å². The lowest BCUT2D eigenvalue weighted by atomic mass is 10.2. The molecule has 1 amide bonds. The summed E-state index contributed by atoms with van der Waals surface area (Å²) in [5.74, 6) is 0.392. The molecule has 10 heteroatoms. The first kappa shape index (κ1) is 23.6. The van der Waals surface area contributed by atoms with Crippen molar-refractivity contribution in [3.8, 4) is 5.75 Å². The summed E-state index contributed by atoms with van der Waals surface area (Å²) in [6.07, 6.45) is 1.13. The van der Waals surface area contributed by atoms with Crippen molar-refractivity contribution in [2.45, 2.75) is 11.8 Å². The number of morpholine rings is 1. The molecule has 4 rings (SSSR count). The van der Waals surface area contributed by atoms with Gasteiger partial charge in [-0.05, 0) is 37.3 Å². The maximum absolute atomic E-state index is 13.6. The number of sulfone groups is 1. The second-order valence-corrected chi connectivity index (χ2v) is 10.8. The summed E-state index contributed by atoms with van der Waals surface area (Å²) in [7, 11) is -3.43.